The van der Waals surface area contributed by atoms with E-state index in [0.717, 1.165) is 0 Å². The number of pyridine rings is 1. The standard InChI is InChI=1S/C25H17ClFN3O4S/c1-33-23-14-20(15-3-2-4-17(26)11-15)22(27)13-21(23)25-19-6-5-18(12-16(19)7-9-28-25)35(31,32)30-24-8-10-34-29-24/h2-14H,1H3,(H,29,30). The maximum Gasteiger partial charge on any atom is 0.263 e. The monoisotopic (exact) mass is 509 g/mol. The van der Waals surface area contributed by atoms with E-state index in [4.69, 9.17) is 16.3 Å². The molecule has 7 nitrogen and oxygen atoms in total. The number of benzene rings is 3. The van der Waals surface area contributed by atoms with Crippen LogP contribution < -0.4 is 9.46 Å². The fourth-order valence-corrected chi connectivity index (χ4v) is 5.00. The van der Waals surface area contributed by atoms with Crippen molar-refractivity contribution < 1.29 is 22.1 Å². The van der Waals surface area contributed by atoms with Crippen LogP contribution in [0.2, 0.25) is 5.02 Å². The van der Waals surface area contributed by atoms with Gasteiger partial charge < -0.3 is 9.26 Å². The van der Waals surface area contributed by atoms with Crippen LogP contribution in [0.25, 0.3) is 33.2 Å². The summed E-state index contributed by atoms with van der Waals surface area (Å²) in [6.07, 6.45) is 2.79. The maximum atomic E-state index is 15.2. The van der Waals surface area contributed by atoms with E-state index in [0.29, 0.717) is 43.9 Å². The summed E-state index contributed by atoms with van der Waals surface area (Å²) in [5.74, 6) is 0.00386. The lowest BCUT2D eigenvalue weighted by molar-refractivity contribution is 0.415. The second-order valence-corrected chi connectivity index (χ2v) is 9.69. The Morgan fingerprint density at radius 1 is 1.03 bits per heavy atom. The normalized spacial score (nSPS) is 11.5. The molecule has 0 saturated carbocycles. The number of hydrogen-bond acceptors (Lipinski definition) is 6. The van der Waals surface area contributed by atoms with Crippen molar-refractivity contribution >= 4 is 38.2 Å². The molecule has 2 aromatic heterocycles. The zero-order chi connectivity index (χ0) is 24.6. The Balaban J connectivity index is 1.60. The zero-order valence-corrected chi connectivity index (χ0v) is 19.8. The SMILES string of the molecule is COc1cc(-c2cccc(Cl)c2)c(F)cc1-c1nccc2cc(S(=O)(=O)Nc3ccon3)ccc12. The molecule has 0 saturated heterocycles. The fraction of sp³-hybridized carbons (Fsp3) is 0.0400. The van der Waals surface area contributed by atoms with Gasteiger partial charge in [-0.2, -0.15) is 0 Å². The quantitative estimate of drug-likeness (QED) is 0.294. The van der Waals surface area contributed by atoms with Crippen molar-refractivity contribution in [2.24, 2.45) is 0 Å². The van der Waals surface area contributed by atoms with Gasteiger partial charge in [-0.3, -0.25) is 9.71 Å². The van der Waals surface area contributed by atoms with Gasteiger partial charge in [-0.25, -0.2) is 12.8 Å². The number of nitrogens with zero attached hydrogens (tertiary/aromatic N) is 2. The number of fused-ring (bicyclic) bond motifs is 1. The van der Waals surface area contributed by atoms with E-state index in [2.05, 4.69) is 19.4 Å². The van der Waals surface area contributed by atoms with Crippen molar-refractivity contribution in [3.05, 3.63) is 90.0 Å². The molecule has 0 atom stereocenters. The molecule has 0 aliphatic heterocycles. The van der Waals surface area contributed by atoms with E-state index in [9.17, 15) is 8.42 Å². The van der Waals surface area contributed by atoms with E-state index in [-0.39, 0.29) is 10.7 Å². The van der Waals surface area contributed by atoms with Gasteiger partial charge in [0.15, 0.2) is 5.82 Å². The van der Waals surface area contributed by atoms with Crippen LogP contribution in [0.5, 0.6) is 5.75 Å². The van der Waals surface area contributed by atoms with Crippen LogP contribution in [0, 0.1) is 5.82 Å². The molecule has 0 aliphatic carbocycles. The number of ether oxygens (including phenoxy) is 1. The molecule has 0 fully saturated rings. The summed E-state index contributed by atoms with van der Waals surface area (Å²) in [6.45, 7) is 0. The van der Waals surface area contributed by atoms with Crippen molar-refractivity contribution in [2.45, 2.75) is 4.90 Å². The number of nitrogens with one attached hydrogen (secondary N) is 1. The van der Waals surface area contributed by atoms with Crippen LogP contribution in [0.1, 0.15) is 0 Å². The molecular weight excluding hydrogens is 493 g/mol. The van der Waals surface area contributed by atoms with E-state index in [1.807, 2.05) is 0 Å². The molecule has 0 spiro atoms. The summed E-state index contributed by atoms with van der Waals surface area (Å²) in [4.78, 5) is 4.47. The highest BCUT2D eigenvalue weighted by Crippen LogP contribution is 2.39. The first kappa shape index (κ1) is 22.8. The Morgan fingerprint density at radius 2 is 1.89 bits per heavy atom. The molecule has 5 rings (SSSR count). The van der Waals surface area contributed by atoms with Crippen LogP contribution in [0.4, 0.5) is 10.2 Å². The maximum absolute atomic E-state index is 15.2. The van der Waals surface area contributed by atoms with Gasteiger partial charge in [0.2, 0.25) is 0 Å². The van der Waals surface area contributed by atoms with Crippen LogP contribution in [-0.2, 0) is 10.0 Å². The van der Waals surface area contributed by atoms with Crippen LogP contribution >= 0.6 is 11.6 Å². The molecule has 0 radical (unpaired) electrons. The lowest BCUT2D eigenvalue weighted by Crippen LogP contribution is -2.13. The number of halogens is 2. The van der Waals surface area contributed by atoms with Gasteiger partial charge in [0.05, 0.1) is 17.7 Å². The van der Waals surface area contributed by atoms with Crippen molar-refractivity contribution in [2.75, 3.05) is 11.8 Å². The third-order valence-corrected chi connectivity index (χ3v) is 6.99. The molecule has 0 amide bonds. The number of rotatable bonds is 6. The summed E-state index contributed by atoms with van der Waals surface area (Å²) in [6, 6.07) is 17.5. The molecular formula is C25H17ClFN3O4S. The molecule has 5 aromatic rings. The lowest BCUT2D eigenvalue weighted by atomic mass is 9.98. The Hall–Kier alpha value is -3.95. The van der Waals surface area contributed by atoms with Crippen molar-refractivity contribution in [1.82, 2.24) is 10.1 Å². The summed E-state index contributed by atoms with van der Waals surface area (Å²) in [5, 5.41) is 5.29. The Morgan fingerprint density at radius 3 is 2.63 bits per heavy atom. The minimum atomic E-state index is -3.90. The summed E-state index contributed by atoms with van der Waals surface area (Å²) >= 11 is 6.08. The van der Waals surface area contributed by atoms with Gasteiger partial charge in [0, 0.05) is 33.8 Å². The highest BCUT2D eigenvalue weighted by Gasteiger charge is 2.20. The number of methoxy groups -OCH3 is 1. The number of anilines is 1. The fourth-order valence-electron chi connectivity index (χ4n) is 3.78. The average Bonchev–Trinajstić information content (AvgIpc) is 3.35. The van der Waals surface area contributed by atoms with Gasteiger partial charge in [-0.05, 0) is 53.4 Å². The van der Waals surface area contributed by atoms with E-state index >= 15 is 4.39 Å². The van der Waals surface area contributed by atoms with Crippen LogP contribution in [0.15, 0.2) is 88.6 Å². The molecule has 0 unspecified atom stereocenters. The van der Waals surface area contributed by atoms with Gasteiger partial charge in [0.25, 0.3) is 10.0 Å². The smallest absolute Gasteiger partial charge is 0.263 e. The average molecular weight is 510 g/mol. The van der Waals surface area contributed by atoms with Crippen LogP contribution in [-0.4, -0.2) is 25.7 Å². The summed E-state index contributed by atoms with van der Waals surface area (Å²) in [5.41, 5.74) is 1.82. The summed E-state index contributed by atoms with van der Waals surface area (Å²) < 4.78 is 53.3. The third kappa shape index (κ3) is 4.43. The summed E-state index contributed by atoms with van der Waals surface area (Å²) in [7, 11) is -2.41. The minimum absolute atomic E-state index is 0.0274. The van der Waals surface area contributed by atoms with E-state index in [1.54, 1.807) is 42.5 Å². The Labute approximate surface area is 205 Å². The van der Waals surface area contributed by atoms with Crippen molar-refractivity contribution in [3.63, 3.8) is 0 Å². The Kier molecular flexibility index (Phi) is 5.88. The molecule has 1 N–H and O–H groups in total. The Bertz CT molecular complexity index is 1660. The van der Waals surface area contributed by atoms with Gasteiger partial charge in [0.1, 0.15) is 17.8 Å². The molecule has 10 heteroatoms. The predicted octanol–water partition coefficient (Wildman–Crippen LogP) is 6.16. The molecule has 176 valence electrons. The minimum Gasteiger partial charge on any atom is -0.496 e. The molecule has 3 aromatic carbocycles. The zero-order valence-electron chi connectivity index (χ0n) is 18.2. The second-order valence-electron chi connectivity index (χ2n) is 7.58. The van der Waals surface area contributed by atoms with Gasteiger partial charge in [-0.1, -0.05) is 35.0 Å². The van der Waals surface area contributed by atoms with Crippen molar-refractivity contribution in [1.29, 1.82) is 0 Å². The third-order valence-electron chi connectivity index (χ3n) is 5.40. The number of hydrogen-bond donors (Lipinski definition) is 1. The first-order valence-corrected chi connectivity index (χ1v) is 12.2. The number of aromatic nitrogens is 2. The topological polar surface area (TPSA) is 94.3 Å². The van der Waals surface area contributed by atoms with E-state index < -0.39 is 15.8 Å². The molecule has 0 bridgehead atoms. The second kappa shape index (κ2) is 9.01. The first-order chi connectivity index (χ1) is 16.9. The van der Waals surface area contributed by atoms with Crippen molar-refractivity contribution in [3.8, 4) is 28.1 Å². The van der Waals surface area contributed by atoms with Gasteiger partial charge in [-0.15, -0.1) is 0 Å². The number of sulfonamides is 1. The van der Waals surface area contributed by atoms with Gasteiger partial charge >= 0.3 is 0 Å². The molecule has 2 heterocycles. The highest BCUT2D eigenvalue weighted by atomic mass is 35.5. The predicted molar refractivity (Wildman–Crippen MR) is 131 cm³/mol. The largest absolute Gasteiger partial charge is 0.496 e. The van der Waals surface area contributed by atoms with Crippen LogP contribution in [0.3, 0.4) is 0 Å². The molecule has 0 aliphatic rings. The first-order valence-electron chi connectivity index (χ1n) is 10.3. The highest BCUT2D eigenvalue weighted by molar-refractivity contribution is 7.92. The lowest BCUT2D eigenvalue weighted by Gasteiger charge is -2.14. The molecule has 35 heavy (non-hydrogen) atoms. The van der Waals surface area contributed by atoms with E-state index in [1.165, 1.54) is 43.8 Å².